The molecule has 0 spiro atoms. The molecular weight excluding hydrogens is 358 g/mol. The highest BCUT2D eigenvalue weighted by Crippen LogP contribution is 2.36. The number of amides is 1. The van der Waals surface area contributed by atoms with Crippen LogP contribution in [0.3, 0.4) is 0 Å². The summed E-state index contributed by atoms with van der Waals surface area (Å²) in [4.78, 5) is 38.4. The predicted molar refractivity (Wildman–Crippen MR) is 97.2 cm³/mol. The molecule has 1 aliphatic carbocycles. The maximum atomic E-state index is 13.2. The van der Waals surface area contributed by atoms with Crippen molar-refractivity contribution in [3.8, 4) is 0 Å². The number of rotatable bonds is 3. The van der Waals surface area contributed by atoms with E-state index in [-0.39, 0.29) is 54.8 Å². The van der Waals surface area contributed by atoms with E-state index in [4.69, 9.17) is 0 Å². The van der Waals surface area contributed by atoms with E-state index in [1.54, 1.807) is 13.2 Å². The molecule has 1 aromatic rings. The van der Waals surface area contributed by atoms with Crippen molar-refractivity contribution in [1.29, 1.82) is 0 Å². The van der Waals surface area contributed by atoms with E-state index in [0.717, 1.165) is 4.57 Å². The van der Waals surface area contributed by atoms with Crippen LogP contribution in [0.15, 0.2) is 15.8 Å². The molecule has 150 valence electrons. The minimum Gasteiger partial charge on any atom is -0.366 e. The second kappa shape index (κ2) is 7.44. The lowest BCUT2D eigenvalue weighted by Gasteiger charge is -2.35. The smallest absolute Gasteiger partial charge is 0.330 e. The van der Waals surface area contributed by atoms with Crippen LogP contribution in [0.4, 0.5) is 14.5 Å². The minimum absolute atomic E-state index is 0.0208. The summed E-state index contributed by atoms with van der Waals surface area (Å²) < 4.78 is 28.9. The minimum atomic E-state index is -2.63. The molecule has 3 rings (SSSR count). The molecule has 1 amide bonds. The molecule has 1 saturated heterocycles. The molecule has 2 heterocycles. The SMILES string of the molecule is Cn1cc(N2CCC(NC(=O)C3CCC(F)(F)CC3)CC2)c(=O)n(C)c1=O. The number of aryl methyl sites for hydroxylation is 1. The number of carbonyl (C=O) groups is 1. The summed E-state index contributed by atoms with van der Waals surface area (Å²) in [6, 6.07) is -0.0208. The fraction of sp³-hybridized carbons (Fsp3) is 0.722. The van der Waals surface area contributed by atoms with Crippen molar-refractivity contribution in [3.63, 3.8) is 0 Å². The first-order valence-electron chi connectivity index (χ1n) is 9.38. The number of hydrogen-bond donors (Lipinski definition) is 1. The molecule has 2 aliphatic rings. The zero-order valence-corrected chi connectivity index (χ0v) is 15.7. The number of nitrogens with one attached hydrogen (secondary N) is 1. The molecule has 1 N–H and O–H groups in total. The molecule has 1 aromatic heterocycles. The molecule has 2 fully saturated rings. The number of alkyl halides is 2. The van der Waals surface area contributed by atoms with Gasteiger partial charge in [0, 0.05) is 58.2 Å². The molecular formula is C18H26F2N4O3. The molecule has 0 atom stereocenters. The van der Waals surface area contributed by atoms with Gasteiger partial charge in [-0.2, -0.15) is 0 Å². The van der Waals surface area contributed by atoms with E-state index in [1.165, 1.54) is 11.6 Å². The third-order valence-electron chi connectivity index (χ3n) is 5.70. The first-order chi connectivity index (χ1) is 12.7. The summed E-state index contributed by atoms with van der Waals surface area (Å²) >= 11 is 0. The van der Waals surface area contributed by atoms with Gasteiger partial charge < -0.3 is 14.8 Å². The molecule has 0 unspecified atom stereocenters. The number of halogens is 2. The van der Waals surface area contributed by atoms with Gasteiger partial charge in [0.1, 0.15) is 5.69 Å². The van der Waals surface area contributed by atoms with Gasteiger partial charge in [-0.15, -0.1) is 0 Å². The first-order valence-corrected chi connectivity index (χ1v) is 9.38. The van der Waals surface area contributed by atoms with Crippen LogP contribution in [0.2, 0.25) is 0 Å². The van der Waals surface area contributed by atoms with Crippen LogP contribution < -0.4 is 21.5 Å². The Kier molecular flexibility index (Phi) is 5.39. The van der Waals surface area contributed by atoms with Gasteiger partial charge in [0.2, 0.25) is 11.8 Å². The lowest BCUT2D eigenvalue weighted by Crippen LogP contribution is -2.49. The quantitative estimate of drug-likeness (QED) is 0.844. The maximum absolute atomic E-state index is 13.2. The van der Waals surface area contributed by atoms with E-state index in [2.05, 4.69) is 5.32 Å². The Hall–Kier alpha value is -2.19. The lowest BCUT2D eigenvalue weighted by atomic mass is 9.86. The van der Waals surface area contributed by atoms with E-state index >= 15 is 0 Å². The monoisotopic (exact) mass is 384 g/mol. The number of piperidine rings is 1. The summed E-state index contributed by atoms with van der Waals surface area (Å²) in [6.07, 6.45) is 2.89. The largest absolute Gasteiger partial charge is 0.366 e. The summed E-state index contributed by atoms with van der Waals surface area (Å²) in [6.45, 7) is 1.17. The molecule has 27 heavy (non-hydrogen) atoms. The van der Waals surface area contributed by atoms with E-state index in [9.17, 15) is 23.2 Å². The first kappa shape index (κ1) is 19.6. The van der Waals surface area contributed by atoms with Crippen molar-refractivity contribution in [2.24, 2.45) is 20.0 Å². The van der Waals surface area contributed by atoms with Crippen molar-refractivity contribution in [2.75, 3.05) is 18.0 Å². The van der Waals surface area contributed by atoms with Crippen molar-refractivity contribution in [2.45, 2.75) is 50.5 Å². The van der Waals surface area contributed by atoms with Gasteiger partial charge in [-0.05, 0) is 25.7 Å². The van der Waals surface area contributed by atoms with Crippen molar-refractivity contribution in [3.05, 3.63) is 27.0 Å². The zero-order chi connectivity index (χ0) is 19.8. The summed E-state index contributed by atoms with van der Waals surface area (Å²) in [5, 5.41) is 2.99. The van der Waals surface area contributed by atoms with Crippen LogP contribution in [0.1, 0.15) is 38.5 Å². The predicted octanol–water partition coefficient (Wildman–Crippen LogP) is 0.994. The fourth-order valence-electron chi connectivity index (χ4n) is 3.89. The normalized spacial score (nSPS) is 21.3. The molecule has 0 radical (unpaired) electrons. The van der Waals surface area contributed by atoms with E-state index < -0.39 is 5.92 Å². The average molecular weight is 384 g/mol. The third-order valence-corrected chi connectivity index (χ3v) is 5.70. The number of hydrogen-bond acceptors (Lipinski definition) is 4. The van der Waals surface area contributed by atoms with Gasteiger partial charge in [-0.25, -0.2) is 13.6 Å². The molecule has 0 bridgehead atoms. The maximum Gasteiger partial charge on any atom is 0.330 e. The van der Waals surface area contributed by atoms with Gasteiger partial charge >= 0.3 is 5.69 Å². The van der Waals surface area contributed by atoms with Crippen molar-refractivity contribution < 1.29 is 13.6 Å². The number of anilines is 1. The second-order valence-corrected chi connectivity index (χ2v) is 7.67. The van der Waals surface area contributed by atoms with Crippen LogP contribution in [-0.2, 0) is 18.9 Å². The highest BCUT2D eigenvalue weighted by atomic mass is 19.3. The zero-order valence-electron chi connectivity index (χ0n) is 15.7. The molecule has 0 aromatic carbocycles. The Morgan fingerprint density at radius 1 is 1.11 bits per heavy atom. The average Bonchev–Trinajstić information content (AvgIpc) is 2.63. The van der Waals surface area contributed by atoms with Gasteiger partial charge in [0.25, 0.3) is 5.56 Å². The van der Waals surface area contributed by atoms with Crippen LogP contribution in [0, 0.1) is 5.92 Å². The van der Waals surface area contributed by atoms with Crippen LogP contribution in [-0.4, -0.2) is 40.1 Å². The van der Waals surface area contributed by atoms with E-state index in [0.29, 0.717) is 31.6 Å². The standard InChI is InChI=1S/C18H26F2N4O3/c1-22-11-14(16(26)23(2)17(22)27)24-9-5-13(6-10-24)21-15(25)12-3-7-18(19,20)8-4-12/h11-13H,3-10H2,1-2H3,(H,21,25). The Morgan fingerprint density at radius 3 is 2.30 bits per heavy atom. The Balaban J connectivity index is 1.56. The Bertz CT molecular complexity index is 815. The topological polar surface area (TPSA) is 76.3 Å². The van der Waals surface area contributed by atoms with Crippen LogP contribution in [0.5, 0.6) is 0 Å². The Labute approximate surface area is 156 Å². The molecule has 1 saturated carbocycles. The summed E-state index contributed by atoms with van der Waals surface area (Å²) in [5.41, 5.74) is -0.230. The summed E-state index contributed by atoms with van der Waals surface area (Å²) in [7, 11) is 3.06. The highest BCUT2D eigenvalue weighted by Gasteiger charge is 2.38. The second-order valence-electron chi connectivity index (χ2n) is 7.67. The van der Waals surface area contributed by atoms with Gasteiger partial charge in [0.15, 0.2) is 0 Å². The lowest BCUT2D eigenvalue weighted by molar-refractivity contribution is -0.130. The molecule has 7 nitrogen and oxygen atoms in total. The number of nitrogens with zero attached hydrogens (tertiary/aromatic N) is 3. The van der Waals surface area contributed by atoms with Crippen LogP contribution in [0.25, 0.3) is 0 Å². The van der Waals surface area contributed by atoms with E-state index in [1.807, 2.05) is 4.90 Å². The van der Waals surface area contributed by atoms with Crippen molar-refractivity contribution in [1.82, 2.24) is 14.5 Å². The fourth-order valence-corrected chi connectivity index (χ4v) is 3.89. The number of aromatic nitrogens is 2. The van der Waals surface area contributed by atoms with Gasteiger partial charge in [0.05, 0.1) is 0 Å². The summed E-state index contributed by atoms with van der Waals surface area (Å²) in [5.74, 6) is -3.11. The molecule has 1 aliphatic heterocycles. The number of carbonyl (C=O) groups excluding carboxylic acids is 1. The molecule has 9 heteroatoms. The van der Waals surface area contributed by atoms with Gasteiger partial charge in [-0.3, -0.25) is 14.2 Å². The third kappa shape index (κ3) is 4.22. The Morgan fingerprint density at radius 2 is 1.70 bits per heavy atom. The van der Waals surface area contributed by atoms with Crippen molar-refractivity contribution >= 4 is 11.6 Å². The highest BCUT2D eigenvalue weighted by molar-refractivity contribution is 5.79. The van der Waals surface area contributed by atoms with Crippen LogP contribution >= 0.6 is 0 Å². The van der Waals surface area contributed by atoms with Gasteiger partial charge in [-0.1, -0.05) is 0 Å².